The molecule has 1 aliphatic rings. The Morgan fingerprint density at radius 2 is 2.00 bits per heavy atom. The Labute approximate surface area is 194 Å². The molecule has 1 unspecified atom stereocenters. The van der Waals surface area contributed by atoms with Crippen LogP contribution in [0.2, 0.25) is 0 Å². The van der Waals surface area contributed by atoms with E-state index in [1.807, 2.05) is 13.0 Å². The lowest BCUT2D eigenvalue weighted by Gasteiger charge is -2.26. The fourth-order valence-corrected chi connectivity index (χ4v) is 4.62. The van der Waals surface area contributed by atoms with Crippen molar-refractivity contribution < 1.29 is 18.7 Å². The number of aromatic amines is 1. The number of carbonyl (C=O) groups is 1. The number of ether oxygens (including phenoxy) is 2. The van der Waals surface area contributed by atoms with Gasteiger partial charge in [-0.1, -0.05) is 49.0 Å². The minimum absolute atomic E-state index is 0.0785. The van der Waals surface area contributed by atoms with Gasteiger partial charge < -0.3 is 19.8 Å². The van der Waals surface area contributed by atoms with E-state index in [4.69, 9.17) is 9.47 Å². The lowest BCUT2D eigenvalue weighted by molar-refractivity contribution is -0.116. The van der Waals surface area contributed by atoms with Crippen molar-refractivity contribution in [3.63, 3.8) is 0 Å². The predicted octanol–water partition coefficient (Wildman–Crippen LogP) is 4.47. The second kappa shape index (κ2) is 10.1. The molecule has 3 aromatic rings. The van der Waals surface area contributed by atoms with Crippen molar-refractivity contribution in [2.75, 3.05) is 19.0 Å². The van der Waals surface area contributed by atoms with Crippen molar-refractivity contribution in [1.82, 2.24) is 9.97 Å². The molecule has 7 nitrogen and oxygen atoms in total. The van der Waals surface area contributed by atoms with Crippen molar-refractivity contribution in [2.24, 2.45) is 0 Å². The molecule has 1 aromatic heterocycles. The second-order valence-corrected chi connectivity index (χ2v) is 8.51. The smallest absolute Gasteiger partial charge is 0.257 e. The van der Waals surface area contributed by atoms with Crippen LogP contribution in [0.3, 0.4) is 0 Å². The number of nitrogens with zero attached hydrogens (tertiary/aromatic N) is 1. The van der Waals surface area contributed by atoms with Gasteiger partial charge in [-0.15, -0.1) is 0 Å². The molecule has 1 amide bonds. The van der Waals surface area contributed by atoms with Crippen LogP contribution in [0.25, 0.3) is 0 Å². The molecule has 2 aromatic carbocycles. The second-order valence-electron chi connectivity index (χ2n) is 7.55. The number of carbonyl (C=O) groups excluding carboxylic acids is 1. The van der Waals surface area contributed by atoms with Crippen LogP contribution in [0.5, 0.6) is 11.5 Å². The molecule has 172 valence electrons. The highest BCUT2D eigenvalue weighted by atomic mass is 32.2. The zero-order valence-corrected chi connectivity index (χ0v) is 19.1. The summed E-state index contributed by atoms with van der Waals surface area (Å²) in [7, 11) is 1.55. The maximum atomic E-state index is 13.9. The third-order valence-electron chi connectivity index (χ3n) is 5.31. The van der Waals surface area contributed by atoms with E-state index in [0.717, 1.165) is 6.42 Å². The maximum absolute atomic E-state index is 13.9. The molecule has 1 aliphatic heterocycles. The normalized spacial score (nSPS) is 15.0. The monoisotopic (exact) mass is 469 g/mol. The standard InChI is InChI=1S/C24H24FN3O4S/c1-3-11-32-21-15(8-6-10-18(21)31-2)16-12-19(29)26-22-20(16)23(30)28-24(27-22)33-13-14-7-4-5-9-17(14)25/h4-10,16H,3,11-13H2,1-2H3,(H2,26,27,28,29,30). The lowest BCUT2D eigenvalue weighted by Crippen LogP contribution is -2.31. The van der Waals surface area contributed by atoms with Gasteiger partial charge >= 0.3 is 0 Å². The Morgan fingerprint density at radius 3 is 2.76 bits per heavy atom. The van der Waals surface area contributed by atoms with Crippen molar-refractivity contribution in [1.29, 1.82) is 0 Å². The highest BCUT2D eigenvalue weighted by Crippen LogP contribution is 2.42. The number of halogens is 1. The Kier molecular flexibility index (Phi) is 6.98. The molecule has 0 radical (unpaired) electrons. The largest absolute Gasteiger partial charge is 0.493 e. The van der Waals surface area contributed by atoms with E-state index in [1.54, 1.807) is 37.4 Å². The van der Waals surface area contributed by atoms with Crippen LogP contribution in [0.1, 0.15) is 42.4 Å². The number of anilines is 1. The number of thioether (sulfide) groups is 1. The highest BCUT2D eigenvalue weighted by Gasteiger charge is 2.33. The summed E-state index contributed by atoms with van der Waals surface area (Å²) >= 11 is 1.19. The van der Waals surface area contributed by atoms with Gasteiger partial charge in [0.15, 0.2) is 16.7 Å². The SMILES string of the molecule is CCCOc1c(OC)cccc1C1CC(=O)Nc2nc(SCc3ccccc3F)[nH]c(=O)c21. The summed E-state index contributed by atoms with van der Waals surface area (Å²) in [5, 5.41) is 3.01. The predicted molar refractivity (Wildman–Crippen MR) is 125 cm³/mol. The van der Waals surface area contributed by atoms with E-state index < -0.39 is 5.92 Å². The van der Waals surface area contributed by atoms with E-state index in [2.05, 4.69) is 15.3 Å². The fourth-order valence-electron chi connectivity index (χ4n) is 3.77. The molecule has 2 N–H and O–H groups in total. The molecule has 9 heteroatoms. The van der Waals surface area contributed by atoms with Gasteiger partial charge in [0.25, 0.3) is 5.56 Å². The number of nitrogens with one attached hydrogen (secondary N) is 2. The number of rotatable bonds is 8. The maximum Gasteiger partial charge on any atom is 0.257 e. The van der Waals surface area contributed by atoms with Gasteiger partial charge in [-0.2, -0.15) is 0 Å². The molecule has 33 heavy (non-hydrogen) atoms. The average molecular weight is 470 g/mol. The first-order chi connectivity index (χ1) is 16.0. The van der Waals surface area contributed by atoms with Crippen molar-refractivity contribution in [2.45, 2.75) is 36.6 Å². The molecule has 4 rings (SSSR count). The third-order valence-corrected chi connectivity index (χ3v) is 6.23. The van der Waals surface area contributed by atoms with Crippen LogP contribution >= 0.6 is 11.8 Å². The summed E-state index contributed by atoms with van der Waals surface area (Å²) in [6, 6.07) is 11.9. The van der Waals surface area contributed by atoms with Crippen LogP contribution < -0.4 is 20.3 Å². The first-order valence-electron chi connectivity index (χ1n) is 10.6. The molecule has 2 heterocycles. The summed E-state index contributed by atoms with van der Waals surface area (Å²) in [5.41, 5.74) is 1.20. The quantitative estimate of drug-likeness (QED) is 0.373. The minimum Gasteiger partial charge on any atom is -0.493 e. The summed E-state index contributed by atoms with van der Waals surface area (Å²) < 4.78 is 25.3. The number of hydrogen-bond acceptors (Lipinski definition) is 6. The summed E-state index contributed by atoms with van der Waals surface area (Å²) in [6.07, 6.45) is 0.874. The summed E-state index contributed by atoms with van der Waals surface area (Å²) in [4.78, 5) is 32.9. The number of para-hydroxylation sites is 1. The van der Waals surface area contributed by atoms with E-state index >= 15 is 0 Å². The average Bonchev–Trinajstić information content (AvgIpc) is 2.81. The Bertz CT molecular complexity index is 1230. The number of amides is 1. The highest BCUT2D eigenvalue weighted by molar-refractivity contribution is 7.98. The van der Waals surface area contributed by atoms with Gasteiger partial charge in [0, 0.05) is 23.7 Å². The van der Waals surface area contributed by atoms with Crippen molar-refractivity contribution >= 4 is 23.5 Å². The van der Waals surface area contributed by atoms with Gasteiger partial charge in [0.2, 0.25) is 5.91 Å². The Hall–Kier alpha value is -3.33. The van der Waals surface area contributed by atoms with E-state index in [0.29, 0.717) is 40.0 Å². The first kappa shape index (κ1) is 22.8. The van der Waals surface area contributed by atoms with Gasteiger partial charge in [0.1, 0.15) is 11.6 Å². The number of H-pyrrole nitrogens is 1. The topological polar surface area (TPSA) is 93.3 Å². The van der Waals surface area contributed by atoms with Gasteiger partial charge in [-0.25, -0.2) is 9.37 Å². The molecule has 0 spiro atoms. The Balaban J connectivity index is 1.71. The third kappa shape index (κ3) is 4.88. The number of methoxy groups -OCH3 is 1. The molecular weight excluding hydrogens is 445 g/mol. The molecule has 0 fully saturated rings. The molecule has 0 aliphatic carbocycles. The van der Waals surface area contributed by atoms with Crippen LogP contribution in [0, 0.1) is 5.82 Å². The molecule has 0 bridgehead atoms. The summed E-state index contributed by atoms with van der Waals surface area (Å²) in [6.45, 7) is 2.47. The van der Waals surface area contributed by atoms with Crippen LogP contribution in [0.4, 0.5) is 10.2 Å². The molecule has 0 saturated carbocycles. The van der Waals surface area contributed by atoms with Crippen molar-refractivity contribution in [3.8, 4) is 11.5 Å². The van der Waals surface area contributed by atoms with Crippen molar-refractivity contribution in [3.05, 3.63) is 75.3 Å². The minimum atomic E-state index is -0.544. The zero-order chi connectivity index (χ0) is 23.4. The van der Waals surface area contributed by atoms with Gasteiger partial charge in [0.05, 0.1) is 19.3 Å². The number of benzene rings is 2. The molecule has 1 atom stereocenters. The van der Waals surface area contributed by atoms with E-state index in [-0.39, 0.29) is 35.3 Å². The van der Waals surface area contributed by atoms with E-state index in [9.17, 15) is 14.0 Å². The first-order valence-corrected chi connectivity index (χ1v) is 11.6. The van der Waals surface area contributed by atoms with E-state index in [1.165, 1.54) is 17.8 Å². The fraction of sp³-hybridized carbons (Fsp3) is 0.292. The van der Waals surface area contributed by atoms with Crippen LogP contribution in [0.15, 0.2) is 52.4 Å². The Morgan fingerprint density at radius 1 is 1.18 bits per heavy atom. The number of fused-ring (bicyclic) bond motifs is 1. The van der Waals surface area contributed by atoms with Gasteiger partial charge in [-0.3, -0.25) is 9.59 Å². The molecule has 0 saturated heterocycles. The number of hydrogen-bond donors (Lipinski definition) is 2. The van der Waals surface area contributed by atoms with Gasteiger partial charge in [-0.05, 0) is 24.1 Å². The molecular formula is C24H24FN3O4S. The zero-order valence-electron chi connectivity index (χ0n) is 18.3. The summed E-state index contributed by atoms with van der Waals surface area (Å²) in [5.74, 6) is 0.436. The number of aromatic nitrogens is 2. The van der Waals surface area contributed by atoms with Crippen LogP contribution in [-0.4, -0.2) is 29.6 Å². The van der Waals surface area contributed by atoms with Crippen LogP contribution in [-0.2, 0) is 10.5 Å². The lowest BCUT2D eigenvalue weighted by atomic mass is 9.86.